The minimum absolute atomic E-state index is 0.0511. The van der Waals surface area contributed by atoms with Gasteiger partial charge in [-0.2, -0.15) is 0 Å². The van der Waals surface area contributed by atoms with Crippen LogP contribution in [-0.2, 0) is 13.0 Å². The summed E-state index contributed by atoms with van der Waals surface area (Å²) in [6.45, 7) is 0.562. The number of carbonyl (C=O) groups is 2. The van der Waals surface area contributed by atoms with Crippen LogP contribution in [0.4, 0.5) is 4.79 Å². The first-order valence-corrected chi connectivity index (χ1v) is 9.35. The Balaban J connectivity index is 1.88. The molecule has 0 aliphatic carbocycles. The lowest BCUT2D eigenvalue weighted by molar-refractivity contribution is 0.0795. The molecule has 29 heavy (non-hydrogen) atoms. The van der Waals surface area contributed by atoms with Gasteiger partial charge in [-0.05, 0) is 34.9 Å². The van der Waals surface area contributed by atoms with Crippen molar-refractivity contribution in [2.24, 2.45) is 0 Å². The van der Waals surface area contributed by atoms with Gasteiger partial charge in [-0.25, -0.2) is 4.79 Å². The van der Waals surface area contributed by atoms with Gasteiger partial charge in [0.15, 0.2) is 0 Å². The molecular weight excluding hydrogens is 366 g/mol. The maximum absolute atomic E-state index is 13.1. The predicted molar refractivity (Wildman–Crippen MR) is 112 cm³/mol. The monoisotopic (exact) mass is 389 g/mol. The molecule has 0 spiro atoms. The van der Waals surface area contributed by atoms with Crippen LogP contribution >= 0.6 is 0 Å². The van der Waals surface area contributed by atoms with E-state index >= 15 is 0 Å². The average molecular weight is 389 g/mol. The Morgan fingerprint density at radius 2 is 1.76 bits per heavy atom. The largest absolute Gasteiger partial charge is 0.465 e. The van der Waals surface area contributed by atoms with Crippen LogP contribution in [0, 0.1) is 0 Å². The zero-order chi connectivity index (χ0) is 20.6. The maximum Gasteiger partial charge on any atom is 0.404 e. The van der Waals surface area contributed by atoms with E-state index in [2.05, 4.69) is 10.3 Å². The number of pyridine rings is 1. The van der Waals surface area contributed by atoms with Gasteiger partial charge in [0, 0.05) is 44.0 Å². The van der Waals surface area contributed by atoms with Gasteiger partial charge in [-0.1, -0.05) is 48.5 Å². The van der Waals surface area contributed by atoms with Crippen molar-refractivity contribution in [2.45, 2.75) is 13.0 Å². The Morgan fingerprint density at radius 3 is 2.45 bits per heavy atom. The summed E-state index contributed by atoms with van der Waals surface area (Å²) in [5.41, 5.74) is 3.83. The number of carboxylic acid groups (broad SMARTS) is 1. The molecule has 0 saturated carbocycles. The zero-order valence-corrected chi connectivity index (χ0v) is 16.2. The van der Waals surface area contributed by atoms with Gasteiger partial charge in [-0.15, -0.1) is 0 Å². The van der Waals surface area contributed by atoms with Gasteiger partial charge in [-0.3, -0.25) is 9.78 Å². The Kier molecular flexibility index (Phi) is 6.58. The van der Waals surface area contributed by atoms with Crippen LogP contribution in [0.1, 0.15) is 21.6 Å². The second kappa shape index (κ2) is 9.50. The molecule has 0 fully saturated rings. The van der Waals surface area contributed by atoms with Gasteiger partial charge in [0.05, 0.1) is 0 Å². The Morgan fingerprint density at radius 1 is 1.00 bits per heavy atom. The molecule has 0 aliphatic heterocycles. The molecule has 0 bridgehead atoms. The number of benzene rings is 2. The molecule has 2 N–H and O–H groups in total. The number of amides is 2. The smallest absolute Gasteiger partial charge is 0.404 e. The maximum atomic E-state index is 13.1. The molecule has 3 aromatic rings. The molecular formula is C23H23N3O3. The summed E-state index contributed by atoms with van der Waals surface area (Å²) in [7, 11) is 1.74. The molecule has 1 aromatic heterocycles. The zero-order valence-electron chi connectivity index (χ0n) is 16.2. The van der Waals surface area contributed by atoms with Crippen LogP contribution in [0.2, 0.25) is 0 Å². The highest BCUT2D eigenvalue weighted by Gasteiger charge is 2.19. The third-order valence-electron chi connectivity index (χ3n) is 4.68. The molecule has 0 saturated heterocycles. The van der Waals surface area contributed by atoms with Crippen molar-refractivity contribution >= 4 is 12.0 Å². The molecule has 2 amide bonds. The van der Waals surface area contributed by atoms with Crippen LogP contribution in [-0.4, -0.2) is 40.6 Å². The van der Waals surface area contributed by atoms with Gasteiger partial charge in [0.1, 0.15) is 0 Å². The number of hydrogen-bond donors (Lipinski definition) is 2. The van der Waals surface area contributed by atoms with Crippen LogP contribution in [0.3, 0.4) is 0 Å². The first kappa shape index (κ1) is 20.1. The van der Waals surface area contributed by atoms with E-state index in [4.69, 9.17) is 5.11 Å². The molecule has 0 radical (unpaired) electrons. The highest BCUT2D eigenvalue weighted by atomic mass is 16.4. The van der Waals surface area contributed by atoms with E-state index in [1.807, 2.05) is 60.7 Å². The minimum Gasteiger partial charge on any atom is -0.465 e. The quantitative estimate of drug-likeness (QED) is 0.643. The SMILES string of the molecule is CN(CCc1ccccn1)C(=O)c1cccc(-c2ccccc2)c1CNC(=O)O. The number of nitrogens with one attached hydrogen (secondary N) is 1. The molecule has 6 nitrogen and oxygen atoms in total. The van der Waals surface area contributed by atoms with E-state index in [9.17, 15) is 9.59 Å². The van der Waals surface area contributed by atoms with Crippen LogP contribution in [0.15, 0.2) is 72.9 Å². The van der Waals surface area contributed by atoms with Crippen molar-refractivity contribution in [1.82, 2.24) is 15.2 Å². The van der Waals surface area contributed by atoms with Gasteiger partial charge in [0.25, 0.3) is 5.91 Å². The van der Waals surface area contributed by atoms with E-state index in [-0.39, 0.29) is 12.5 Å². The average Bonchev–Trinajstić information content (AvgIpc) is 2.76. The number of aromatic nitrogens is 1. The second-order valence-electron chi connectivity index (χ2n) is 6.65. The lowest BCUT2D eigenvalue weighted by Gasteiger charge is -2.21. The van der Waals surface area contributed by atoms with Crippen molar-refractivity contribution in [3.8, 4) is 11.1 Å². The van der Waals surface area contributed by atoms with Crippen LogP contribution in [0.25, 0.3) is 11.1 Å². The van der Waals surface area contributed by atoms with Gasteiger partial charge < -0.3 is 15.3 Å². The third kappa shape index (κ3) is 5.19. The minimum atomic E-state index is -1.13. The van der Waals surface area contributed by atoms with Crippen LogP contribution in [0.5, 0.6) is 0 Å². The summed E-state index contributed by atoms with van der Waals surface area (Å²) < 4.78 is 0. The van der Waals surface area contributed by atoms with E-state index in [1.165, 1.54) is 0 Å². The van der Waals surface area contributed by atoms with Crippen molar-refractivity contribution < 1.29 is 14.7 Å². The topological polar surface area (TPSA) is 82.5 Å². The molecule has 0 aliphatic rings. The van der Waals surface area contributed by atoms with Crippen molar-refractivity contribution in [3.05, 3.63) is 89.7 Å². The fraction of sp³-hybridized carbons (Fsp3) is 0.174. The molecule has 1 heterocycles. The highest BCUT2D eigenvalue weighted by Crippen LogP contribution is 2.27. The molecule has 2 aromatic carbocycles. The summed E-state index contributed by atoms with van der Waals surface area (Å²) >= 11 is 0. The van der Waals surface area contributed by atoms with Crippen molar-refractivity contribution in [3.63, 3.8) is 0 Å². The van der Waals surface area contributed by atoms with E-state index in [0.717, 1.165) is 16.8 Å². The predicted octanol–water partition coefficient (Wildman–Crippen LogP) is 3.83. The number of carbonyl (C=O) groups excluding carboxylic acids is 1. The van der Waals surface area contributed by atoms with E-state index in [1.54, 1.807) is 24.2 Å². The lowest BCUT2D eigenvalue weighted by atomic mass is 9.94. The molecule has 0 unspecified atom stereocenters. The van der Waals surface area contributed by atoms with Crippen molar-refractivity contribution in [1.29, 1.82) is 0 Å². The van der Waals surface area contributed by atoms with Gasteiger partial charge in [0.2, 0.25) is 0 Å². The summed E-state index contributed by atoms with van der Waals surface area (Å²) in [5, 5.41) is 11.5. The molecule has 148 valence electrons. The van der Waals surface area contributed by atoms with Crippen molar-refractivity contribution in [2.75, 3.05) is 13.6 Å². The fourth-order valence-corrected chi connectivity index (χ4v) is 3.17. The Bertz CT molecular complexity index is 975. The number of rotatable bonds is 7. The number of hydrogen-bond acceptors (Lipinski definition) is 3. The normalized spacial score (nSPS) is 10.4. The third-order valence-corrected chi connectivity index (χ3v) is 4.68. The fourth-order valence-electron chi connectivity index (χ4n) is 3.17. The van der Waals surface area contributed by atoms with Gasteiger partial charge >= 0.3 is 6.09 Å². The summed E-state index contributed by atoms with van der Waals surface area (Å²) in [6, 6.07) is 20.8. The standard InChI is InChI=1S/C23H23N3O3/c1-26(15-13-18-10-5-6-14-24-18)22(27)20-12-7-11-19(17-8-3-2-4-9-17)21(20)16-25-23(28)29/h2-12,14,25H,13,15-16H2,1H3,(H,28,29). The Labute approximate surface area is 169 Å². The molecule has 0 atom stereocenters. The lowest BCUT2D eigenvalue weighted by Crippen LogP contribution is -2.31. The number of nitrogens with zero attached hydrogens (tertiary/aromatic N) is 2. The number of likely N-dealkylation sites (N-methyl/N-ethyl adjacent to an activating group) is 1. The van der Waals surface area contributed by atoms with Crippen LogP contribution < -0.4 is 5.32 Å². The van der Waals surface area contributed by atoms with E-state index in [0.29, 0.717) is 24.1 Å². The second-order valence-corrected chi connectivity index (χ2v) is 6.65. The molecule has 6 heteroatoms. The summed E-state index contributed by atoms with van der Waals surface area (Å²) in [5.74, 6) is -0.152. The van der Waals surface area contributed by atoms with E-state index < -0.39 is 6.09 Å². The molecule has 3 rings (SSSR count). The summed E-state index contributed by atoms with van der Waals surface area (Å²) in [6.07, 6.45) is 1.25. The first-order chi connectivity index (χ1) is 14.1. The highest BCUT2D eigenvalue weighted by molar-refractivity contribution is 5.97. The Hall–Kier alpha value is -3.67. The summed E-state index contributed by atoms with van der Waals surface area (Å²) in [4.78, 5) is 30.2. The first-order valence-electron chi connectivity index (χ1n) is 9.35.